The molecule has 1 aromatic heterocycles. The Morgan fingerprint density at radius 3 is 2.25 bits per heavy atom. The monoisotopic (exact) mass is 408 g/mol. The SMILES string of the molecule is COC1(c2nc(Cl)c(I)c(C(C)C)n2)CCCCCC1. The van der Waals surface area contributed by atoms with Crippen molar-refractivity contribution in [1.29, 1.82) is 0 Å². The number of halogens is 2. The van der Waals surface area contributed by atoms with E-state index in [1.54, 1.807) is 7.11 Å². The van der Waals surface area contributed by atoms with Crippen molar-refractivity contribution in [2.75, 3.05) is 7.11 Å². The highest BCUT2D eigenvalue weighted by Gasteiger charge is 2.36. The highest BCUT2D eigenvalue weighted by molar-refractivity contribution is 14.1. The molecule has 1 saturated carbocycles. The van der Waals surface area contributed by atoms with Crippen molar-refractivity contribution in [2.45, 2.75) is 63.9 Å². The van der Waals surface area contributed by atoms with Crippen LogP contribution < -0.4 is 0 Å². The molecular weight excluding hydrogens is 387 g/mol. The van der Waals surface area contributed by atoms with Crippen molar-refractivity contribution >= 4 is 34.2 Å². The molecule has 0 bridgehead atoms. The molecule has 0 unspecified atom stereocenters. The number of hydrogen-bond donors (Lipinski definition) is 0. The quantitative estimate of drug-likeness (QED) is 0.398. The standard InChI is InChI=1S/C15H22ClIN2O/c1-10(2)12-11(17)13(16)19-14(18-12)15(20-3)8-6-4-5-7-9-15/h10H,4-9H2,1-3H3. The van der Waals surface area contributed by atoms with E-state index in [0.29, 0.717) is 11.1 Å². The van der Waals surface area contributed by atoms with E-state index in [9.17, 15) is 0 Å². The summed E-state index contributed by atoms with van der Waals surface area (Å²) < 4.78 is 6.85. The highest BCUT2D eigenvalue weighted by atomic mass is 127. The minimum Gasteiger partial charge on any atom is -0.370 e. The first-order valence-corrected chi connectivity index (χ1v) is 8.74. The third kappa shape index (κ3) is 3.28. The van der Waals surface area contributed by atoms with Gasteiger partial charge in [0.15, 0.2) is 5.82 Å². The van der Waals surface area contributed by atoms with Gasteiger partial charge in [-0.05, 0) is 41.4 Å². The average Bonchev–Trinajstić information content (AvgIpc) is 2.67. The Bertz CT molecular complexity index is 471. The number of aromatic nitrogens is 2. The van der Waals surface area contributed by atoms with Crippen LogP contribution in [0.2, 0.25) is 5.15 Å². The van der Waals surface area contributed by atoms with Crippen LogP contribution in [0.4, 0.5) is 0 Å². The Hall–Kier alpha value is 0.0600. The first-order valence-electron chi connectivity index (χ1n) is 7.29. The zero-order valence-corrected chi connectivity index (χ0v) is 15.3. The summed E-state index contributed by atoms with van der Waals surface area (Å²) in [5.41, 5.74) is 0.676. The molecule has 112 valence electrons. The summed E-state index contributed by atoms with van der Waals surface area (Å²) >= 11 is 8.56. The first-order chi connectivity index (χ1) is 9.50. The predicted molar refractivity (Wildman–Crippen MR) is 90.2 cm³/mol. The molecule has 0 aliphatic heterocycles. The van der Waals surface area contributed by atoms with Gasteiger partial charge in [0.25, 0.3) is 0 Å². The molecule has 0 aromatic carbocycles. The topological polar surface area (TPSA) is 35.0 Å². The Kier molecular flexibility index (Phi) is 5.65. The van der Waals surface area contributed by atoms with Crippen molar-refractivity contribution in [3.8, 4) is 0 Å². The van der Waals surface area contributed by atoms with Crippen molar-refractivity contribution in [3.05, 3.63) is 20.2 Å². The van der Waals surface area contributed by atoms with Crippen molar-refractivity contribution in [2.24, 2.45) is 0 Å². The molecule has 3 nitrogen and oxygen atoms in total. The third-order valence-electron chi connectivity index (χ3n) is 4.09. The minimum absolute atomic E-state index is 0.334. The van der Waals surface area contributed by atoms with Crippen LogP contribution in [0, 0.1) is 3.57 Å². The van der Waals surface area contributed by atoms with Crippen LogP contribution in [0.1, 0.15) is 69.8 Å². The van der Waals surface area contributed by atoms with Gasteiger partial charge in [-0.15, -0.1) is 0 Å². The number of nitrogens with zero attached hydrogens (tertiary/aromatic N) is 2. The van der Waals surface area contributed by atoms with E-state index in [1.807, 2.05) is 0 Å². The van der Waals surface area contributed by atoms with Crippen LogP contribution in [0.15, 0.2) is 0 Å². The van der Waals surface area contributed by atoms with E-state index in [4.69, 9.17) is 21.3 Å². The van der Waals surface area contributed by atoms with E-state index in [1.165, 1.54) is 12.8 Å². The Balaban J connectivity index is 2.48. The maximum absolute atomic E-state index is 6.33. The molecular formula is C15H22ClIN2O. The smallest absolute Gasteiger partial charge is 0.162 e. The second kappa shape index (κ2) is 6.88. The second-order valence-electron chi connectivity index (χ2n) is 5.80. The molecule has 2 rings (SSSR count). The normalized spacial score (nSPS) is 19.1. The van der Waals surface area contributed by atoms with Gasteiger partial charge in [-0.3, -0.25) is 0 Å². The van der Waals surface area contributed by atoms with Gasteiger partial charge in [0.05, 0.1) is 9.26 Å². The van der Waals surface area contributed by atoms with Crippen LogP contribution in [-0.2, 0) is 10.3 Å². The molecule has 5 heteroatoms. The molecule has 1 aliphatic carbocycles. The van der Waals surface area contributed by atoms with Gasteiger partial charge in [-0.2, -0.15) is 0 Å². The van der Waals surface area contributed by atoms with E-state index < -0.39 is 0 Å². The lowest BCUT2D eigenvalue weighted by atomic mass is 9.92. The van der Waals surface area contributed by atoms with E-state index in [0.717, 1.165) is 40.8 Å². The highest BCUT2D eigenvalue weighted by Crippen LogP contribution is 2.39. The lowest BCUT2D eigenvalue weighted by Crippen LogP contribution is -2.31. The summed E-state index contributed by atoms with van der Waals surface area (Å²) in [5, 5.41) is 0.556. The van der Waals surface area contributed by atoms with Crippen LogP contribution >= 0.6 is 34.2 Å². The van der Waals surface area contributed by atoms with Crippen LogP contribution in [0.3, 0.4) is 0 Å². The van der Waals surface area contributed by atoms with Crippen LogP contribution in [-0.4, -0.2) is 17.1 Å². The molecule has 0 radical (unpaired) electrons. The first kappa shape index (κ1) is 16.4. The van der Waals surface area contributed by atoms with Gasteiger partial charge < -0.3 is 4.74 Å². The van der Waals surface area contributed by atoms with E-state index in [2.05, 4.69) is 41.4 Å². The fourth-order valence-corrected chi connectivity index (χ4v) is 3.88. The number of ether oxygens (including phenoxy) is 1. The summed E-state index contributed by atoms with van der Waals surface area (Å²) in [6.45, 7) is 4.27. The average molecular weight is 409 g/mol. The van der Waals surface area contributed by atoms with E-state index in [-0.39, 0.29) is 5.60 Å². The lowest BCUT2D eigenvalue weighted by Gasteiger charge is -2.30. The van der Waals surface area contributed by atoms with Gasteiger partial charge >= 0.3 is 0 Å². The summed E-state index contributed by atoms with van der Waals surface area (Å²) in [5.74, 6) is 1.11. The fourth-order valence-electron chi connectivity index (χ4n) is 2.84. The zero-order valence-electron chi connectivity index (χ0n) is 12.4. The van der Waals surface area contributed by atoms with Crippen molar-refractivity contribution < 1.29 is 4.74 Å². The van der Waals surface area contributed by atoms with Gasteiger partial charge in [0.2, 0.25) is 0 Å². The van der Waals surface area contributed by atoms with Crippen molar-refractivity contribution in [1.82, 2.24) is 9.97 Å². The molecule has 0 spiro atoms. The molecule has 1 heterocycles. The fraction of sp³-hybridized carbons (Fsp3) is 0.733. The molecule has 0 amide bonds. The zero-order chi connectivity index (χ0) is 14.8. The number of hydrogen-bond acceptors (Lipinski definition) is 3. The third-order valence-corrected chi connectivity index (χ3v) is 5.75. The Labute approximate surface area is 140 Å². The maximum Gasteiger partial charge on any atom is 0.162 e. The summed E-state index contributed by atoms with van der Waals surface area (Å²) in [4.78, 5) is 9.36. The van der Waals surface area contributed by atoms with Gasteiger partial charge in [-0.25, -0.2) is 9.97 Å². The molecule has 1 fully saturated rings. The second-order valence-corrected chi connectivity index (χ2v) is 7.24. The lowest BCUT2D eigenvalue weighted by molar-refractivity contribution is -0.0353. The largest absolute Gasteiger partial charge is 0.370 e. The van der Waals surface area contributed by atoms with E-state index >= 15 is 0 Å². The van der Waals surface area contributed by atoms with Crippen LogP contribution in [0.5, 0.6) is 0 Å². The Morgan fingerprint density at radius 1 is 1.15 bits per heavy atom. The molecule has 1 aliphatic rings. The summed E-state index contributed by atoms with van der Waals surface area (Å²) in [7, 11) is 1.77. The molecule has 20 heavy (non-hydrogen) atoms. The van der Waals surface area contributed by atoms with Gasteiger partial charge in [0.1, 0.15) is 10.8 Å². The minimum atomic E-state index is -0.353. The summed E-state index contributed by atoms with van der Waals surface area (Å²) in [6.07, 6.45) is 6.83. The van der Waals surface area contributed by atoms with Crippen LogP contribution in [0.25, 0.3) is 0 Å². The van der Waals surface area contributed by atoms with Gasteiger partial charge in [0, 0.05) is 7.11 Å². The summed E-state index contributed by atoms with van der Waals surface area (Å²) in [6, 6.07) is 0. The maximum atomic E-state index is 6.33. The van der Waals surface area contributed by atoms with Crippen molar-refractivity contribution in [3.63, 3.8) is 0 Å². The molecule has 0 N–H and O–H groups in total. The Morgan fingerprint density at radius 2 is 1.75 bits per heavy atom. The molecule has 0 saturated heterocycles. The molecule has 1 aromatic rings. The number of methoxy groups -OCH3 is 1. The predicted octanol–water partition coefficient (Wildman–Crippen LogP) is 5.05. The van der Waals surface area contributed by atoms with Gasteiger partial charge in [-0.1, -0.05) is 51.1 Å². The molecule has 0 atom stereocenters. The number of rotatable bonds is 3.